The second kappa shape index (κ2) is 38.8. The minimum absolute atomic E-state index is 0. The molecule has 0 aliphatic carbocycles. The smallest absolute Gasteiger partial charge is 0.550 e. The molecule has 0 fully saturated rings. The van der Waals surface area contributed by atoms with E-state index in [1.807, 2.05) is 0 Å². The monoisotopic (exact) mass is 1360 g/mol. The fourth-order valence-electron chi connectivity index (χ4n) is 7.07. The Labute approximate surface area is 500 Å². The maximum atomic E-state index is 11.0. The van der Waals surface area contributed by atoms with E-state index in [1.165, 1.54) is 0 Å². The van der Waals surface area contributed by atoms with Crippen LogP contribution in [0.25, 0.3) is 0 Å². The molecule has 3 unspecified atom stereocenters. The van der Waals surface area contributed by atoms with E-state index in [1.54, 1.807) is 0 Å². The van der Waals surface area contributed by atoms with Gasteiger partial charge in [0.15, 0.2) is 0 Å². The Morgan fingerprint density at radius 3 is 0.388 bits per heavy atom. The van der Waals surface area contributed by atoms with Crippen molar-refractivity contribution in [2.45, 2.75) is 91.4 Å². The van der Waals surface area contributed by atoms with Gasteiger partial charge >= 0.3 is 85.3 Å². The molecule has 0 spiro atoms. The molecule has 0 amide bonds. The maximum Gasteiger partial charge on any atom is 3.00 e. The number of nitrogens with zero attached hydrogens (tertiary/aromatic N) is 3. The van der Waals surface area contributed by atoms with Gasteiger partial charge in [0.2, 0.25) is 0 Å². The first-order chi connectivity index (χ1) is 33.7. The Hall–Kier alpha value is -5.71. The van der Waals surface area contributed by atoms with Crippen molar-refractivity contribution in [3.8, 4) is 0 Å². The fourth-order valence-corrected chi connectivity index (χ4v) is 7.07. The summed E-state index contributed by atoms with van der Waals surface area (Å²) < 4.78 is 0. The SMILES string of the molecule is NC(CC(=O)[O-])(CC(=O)[O-])C(N)(CC(=O)[O-])N(CC(=O)[O-])CC(=O)[O-].NC(CC(=O)[O-])(CC(=O)[O-])C(N)(CC(=O)[O-])N(CC(=O)[O-])CC(=O)[O-].NC(CC(=O)[O-])(CC(=O)[O-])C(N)(CC(=O)[O-])N(CC(=O)[O-])CC(=O)[O-].[Fe+3].[Fe+3].[Fe+3].[Fe+3].[Fe+3]. The molecule has 0 aromatic heterocycles. The minimum atomic E-state index is -2.81. The van der Waals surface area contributed by atoms with Crippen LogP contribution in [0.3, 0.4) is 0 Å². The largest absolute Gasteiger partial charge is 3.00 e. The first-order valence-electron chi connectivity index (χ1n) is 19.7. The Balaban J connectivity index is -0.000000157. The van der Waals surface area contributed by atoms with E-state index in [2.05, 4.69) is 0 Å². The van der Waals surface area contributed by atoms with Crippen LogP contribution in [0.4, 0.5) is 0 Å². The second-order valence-electron chi connectivity index (χ2n) is 16.0. The van der Waals surface area contributed by atoms with Crippen molar-refractivity contribution >= 4 is 89.5 Å². The van der Waals surface area contributed by atoms with Crippen molar-refractivity contribution in [2.75, 3.05) is 39.3 Å². The summed E-state index contributed by atoms with van der Waals surface area (Å²) >= 11 is 0. The molecule has 0 aliphatic rings. The van der Waals surface area contributed by atoms with E-state index in [9.17, 15) is 149 Å². The van der Waals surface area contributed by atoms with Crippen molar-refractivity contribution in [2.24, 2.45) is 34.4 Å². The summed E-state index contributed by atoms with van der Waals surface area (Å²) in [6, 6.07) is 0. The van der Waals surface area contributed by atoms with Gasteiger partial charge in [0.1, 0.15) is 0 Å². The molecular formula is C36H42Fe5N9O30. The standard InChI is InChI=1S/3C12H19N3O10.5Fe/c3*13-11(1-6(16)17,2-7(18)19)12(14,3-8(20)21)15(4-9(22)23)5-10(24)25;;;;;/h3*1-5,13-14H2,(H,16,17)(H,18,19)(H,20,21)(H,22,23)(H,24,25);;;;;/q;;;5*+3/p-15. The number of carboxylic acids is 15. The zero-order valence-corrected chi connectivity index (χ0v) is 45.4. The quantitative estimate of drug-likeness (QED) is 0.0251. The predicted molar refractivity (Wildman–Crippen MR) is 193 cm³/mol. The first kappa shape index (κ1) is 90.8. The zero-order valence-electron chi connectivity index (χ0n) is 39.9. The molecule has 0 saturated heterocycles. The Morgan fingerprint density at radius 2 is 0.312 bits per heavy atom. The number of hydrogen-bond acceptors (Lipinski definition) is 39. The van der Waals surface area contributed by atoms with Gasteiger partial charge in [-0.1, -0.05) is 0 Å². The van der Waals surface area contributed by atoms with Gasteiger partial charge in [0, 0.05) is 151 Å². The fraction of sp³-hybridized carbons (Fsp3) is 0.583. The van der Waals surface area contributed by atoms with Crippen LogP contribution in [-0.4, -0.2) is 177 Å². The van der Waals surface area contributed by atoms with Gasteiger partial charge in [-0.2, -0.15) is 0 Å². The Bertz CT molecular complexity index is 1900. The number of carbonyl (C=O) groups is 15. The molecule has 12 N–H and O–H groups in total. The van der Waals surface area contributed by atoms with Gasteiger partial charge in [0.05, 0.1) is 69.4 Å². The van der Waals surface area contributed by atoms with Crippen molar-refractivity contribution in [1.82, 2.24) is 14.7 Å². The van der Waals surface area contributed by atoms with Crippen LogP contribution < -0.4 is 111 Å². The third-order valence-electron chi connectivity index (χ3n) is 10.2. The van der Waals surface area contributed by atoms with Gasteiger partial charge in [-0.05, 0) is 0 Å². The van der Waals surface area contributed by atoms with Gasteiger partial charge in [-0.3, -0.25) is 14.7 Å². The van der Waals surface area contributed by atoms with Crippen LogP contribution in [0, 0.1) is 0 Å². The molecular weight excluding hydrogens is 1320 g/mol. The third kappa shape index (κ3) is 31.3. The zero-order chi connectivity index (χ0) is 60.0. The van der Waals surface area contributed by atoms with E-state index in [-0.39, 0.29) is 100 Å². The second-order valence-corrected chi connectivity index (χ2v) is 16.0. The van der Waals surface area contributed by atoms with Crippen LogP contribution in [0.1, 0.15) is 57.8 Å². The number of aliphatic carboxylic acids is 15. The summed E-state index contributed by atoms with van der Waals surface area (Å²) in [7, 11) is 0. The summed E-state index contributed by atoms with van der Waals surface area (Å²) in [5, 5.41) is 163. The number of nitrogens with two attached hydrogens (primary N) is 6. The van der Waals surface area contributed by atoms with E-state index in [0.29, 0.717) is 0 Å². The third-order valence-corrected chi connectivity index (χ3v) is 10.2. The van der Waals surface area contributed by atoms with Crippen molar-refractivity contribution in [1.29, 1.82) is 0 Å². The molecule has 0 saturated carbocycles. The average Bonchev–Trinajstić information content (AvgIpc) is 3.13. The topological polar surface area (TPSA) is 768 Å². The summed E-state index contributed by atoms with van der Waals surface area (Å²) in [5.74, 6) is -29.3. The molecule has 0 rings (SSSR count). The Morgan fingerprint density at radius 1 is 0.212 bits per heavy atom. The minimum Gasteiger partial charge on any atom is -0.550 e. The van der Waals surface area contributed by atoms with Crippen molar-refractivity contribution in [3.63, 3.8) is 0 Å². The van der Waals surface area contributed by atoms with Crippen LogP contribution in [0.5, 0.6) is 0 Å². The molecule has 5 radical (unpaired) electrons. The first-order valence-corrected chi connectivity index (χ1v) is 19.7. The Kier molecular flexibility index (Phi) is 44.1. The molecule has 39 nitrogen and oxygen atoms in total. The summed E-state index contributed by atoms with van der Waals surface area (Å²) in [6.45, 7) is -7.94. The molecule has 0 bridgehead atoms. The summed E-state index contributed by atoms with van der Waals surface area (Å²) in [6.07, 6.45) is -12.4. The normalized spacial score (nSPS) is 13.0. The van der Waals surface area contributed by atoms with Crippen LogP contribution >= 0.6 is 0 Å². The van der Waals surface area contributed by atoms with Crippen molar-refractivity contribution < 1.29 is 234 Å². The van der Waals surface area contributed by atoms with Gasteiger partial charge in [-0.15, -0.1) is 0 Å². The van der Waals surface area contributed by atoms with E-state index < -0.39 is 220 Å². The van der Waals surface area contributed by atoms with Crippen molar-refractivity contribution in [3.05, 3.63) is 0 Å². The molecule has 0 aromatic rings. The van der Waals surface area contributed by atoms with E-state index in [0.717, 1.165) is 0 Å². The average molecular weight is 1360 g/mol. The van der Waals surface area contributed by atoms with E-state index in [4.69, 9.17) is 34.4 Å². The molecule has 0 aliphatic heterocycles. The predicted octanol–water partition coefficient (Wildman–Crippen LogP) is -28.3. The number of carbonyl (C=O) groups excluding carboxylic acids is 15. The van der Waals surface area contributed by atoms with E-state index >= 15 is 0 Å². The molecule has 44 heteroatoms. The number of carboxylic acid groups (broad SMARTS) is 15. The summed E-state index contributed by atoms with van der Waals surface area (Å²) in [4.78, 5) is 164. The van der Waals surface area contributed by atoms with Gasteiger partial charge < -0.3 is 183 Å². The molecule has 0 heterocycles. The van der Waals surface area contributed by atoms with Crippen LogP contribution in [0.2, 0.25) is 0 Å². The number of rotatable bonds is 36. The van der Waals surface area contributed by atoms with Gasteiger partial charge in [0.25, 0.3) is 0 Å². The van der Waals surface area contributed by atoms with Gasteiger partial charge in [-0.25, -0.2) is 0 Å². The number of hydrogen-bond donors (Lipinski definition) is 6. The summed E-state index contributed by atoms with van der Waals surface area (Å²) in [5.41, 5.74) is 17.6. The molecule has 80 heavy (non-hydrogen) atoms. The van der Waals surface area contributed by atoms with Crippen LogP contribution in [-0.2, 0) is 157 Å². The molecule has 3 atom stereocenters. The van der Waals surface area contributed by atoms with Crippen LogP contribution in [0.15, 0.2) is 0 Å². The molecule has 451 valence electrons. The maximum absolute atomic E-state index is 11.0. The molecule has 0 aromatic carbocycles.